The maximum Gasteiger partial charge on any atom is 0.573 e. The molecule has 0 amide bonds. The van der Waals surface area contributed by atoms with Crippen molar-refractivity contribution in [1.29, 1.82) is 0 Å². The molecule has 0 aromatic heterocycles. The molecule has 3 aromatic carbocycles. The Kier molecular flexibility index (Phi) is 8.24. The summed E-state index contributed by atoms with van der Waals surface area (Å²) in [6, 6.07) is 22.7. The highest BCUT2D eigenvalue weighted by Gasteiger charge is 2.31. The molecule has 0 unspecified atom stereocenters. The molecule has 0 atom stereocenters. The number of nitrogens with one attached hydrogen (secondary N) is 1. The number of aldehydes is 1. The van der Waals surface area contributed by atoms with Crippen molar-refractivity contribution < 1.29 is 22.7 Å². The molecule has 2 aliphatic carbocycles. The smallest absolute Gasteiger partial charge is 0.406 e. The van der Waals surface area contributed by atoms with Gasteiger partial charge in [0.2, 0.25) is 0 Å². The van der Waals surface area contributed by atoms with Crippen molar-refractivity contribution in [3.05, 3.63) is 101 Å². The van der Waals surface area contributed by atoms with E-state index in [1.807, 2.05) is 12.1 Å². The minimum absolute atomic E-state index is 0.171. The third-order valence-electron chi connectivity index (χ3n) is 6.20. The quantitative estimate of drug-likeness (QED) is 0.260. The Balaban J connectivity index is 0.000000218. The fraction of sp³-hybridized carbons (Fsp3) is 0.345. The van der Waals surface area contributed by atoms with Crippen molar-refractivity contribution in [1.82, 2.24) is 5.32 Å². The van der Waals surface area contributed by atoms with Crippen LogP contribution in [0.3, 0.4) is 0 Å². The Hall–Kier alpha value is -3.12. The van der Waals surface area contributed by atoms with Gasteiger partial charge in [-0.25, -0.2) is 0 Å². The van der Waals surface area contributed by atoms with Gasteiger partial charge in [-0.1, -0.05) is 60.7 Å². The minimum atomic E-state index is -4.65. The van der Waals surface area contributed by atoms with Gasteiger partial charge in [0.05, 0.1) is 0 Å². The average molecular weight is 482 g/mol. The van der Waals surface area contributed by atoms with Gasteiger partial charge in [-0.2, -0.15) is 0 Å². The summed E-state index contributed by atoms with van der Waals surface area (Å²) in [5, 5.41) is 3.32. The average Bonchev–Trinajstić information content (AvgIpc) is 3.76. The highest BCUT2D eigenvalue weighted by molar-refractivity contribution is 5.74. The molecule has 5 rings (SSSR count). The maximum absolute atomic E-state index is 12.2. The number of hydrogen-bond donors (Lipinski definition) is 1. The molecule has 2 saturated carbocycles. The normalized spacial score (nSPS) is 15.2. The summed E-state index contributed by atoms with van der Waals surface area (Å²) in [7, 11) is 0. The predicted molar refractivity (Wildman–Crippen MR) is 131 cm³/mol. The van der Waals surface area contributed by atoms with E-state index in [1.54, 1.807) is 12.1 Å². The SMILES string of the molecule is FC(F)(F)Oc1cccc(CCNCc2ccc(C3CC3)cc2)c1.O=Cc1ccc(C2CC2)cc1. The molecule has 35 heavy (non-hydrogen) atoms. The fourth-order valence-electron chi connectivity index (χ4n) is 3.95. The summed E-state index contributed by atoms with van der Waals surface area (Å²) in [6.07, 6.45) is 2.12. The summed E-state index contributed by atoms with van der Waals surface area (Å²) >= 11 is 0. The lowest BCUT2D eigenvalue weighted by Gasteiger charge is -2.10. The van der Waals surface area contributed by atoms with Crippen molar-refractivity contribution in [2.24, 2.45) is 0 Å². The highest BCUT2D eigenvalue weighted by atomic mass is 19.4. The summed E-state index contributed by atoms with van der Waals surface area (Å²) in [5.41, 5.74) is 5.60. The van der Waals surface area contributed by atoms with Crippen LogP contribution in [-0.4, -0.2) is 19.2 Å². The number of rotatable bonds is 9. The zero-order valence-electron chi connectivity index (χ0n) is 19.6. The van der Waals surface area contributed by atoms with E-state index in [0.29, 0.717) is 13.0 Å². The van der Waals surface area contributed by atoms with Gasteiger partial charge >= 0.3 is 6.36 Å². The zero-order valence-corrected chi connectivity index (χ0v) is 19.6. The number of halogens is 3. The Morgan fingerprint density at radius 2 is 1.43 bits per heavy atom. The third kappa shape index (κ3) is 8.55. The van der Waals surface area contributed by atoms with Gasteiger partial charge in [0.15, 0.2) is 0 Å². The Bertz CT molecular complexity index is 1090. The van der Waals surface area contributed by atoms with E-state index in [2.05, 4.69) is 46.5 Å². The molecule has 0 radical (unpaired) electrons. The van der Waals surface area contributed by atoms with Crippen LogP contribution in [0.2, 0.25) is 0 Å². The first-order chi connectivity index (χ1) is 16.9. The van der Waals surface area contributed by atoms with Gasteiger partial charge in [0.1, 0.15) is 12.0 Å². The lowest BCUT2D eigenvalue weighted by Crippen LogP contribution is -2.18. The molecular formula is C29H30F3NO2. The molecule has 2 aliphatic rings. The molecule has 0 spiro atoms. The molecule has 1 N–H and O–H groups in total. The van der Waals surface area contributed by atoms with Crippen LogP contribution in [0.15, 0.2) is 72.8 Å². The van der Waals surface area contributed by atoms with Gasteiger partial charge in [0.25, 0.3) is 0 Å². The second-order valence-electron chi connectivity index (χ2n) is 9.20. The number of carbonyl (C=O) groups is 1. The second-order valence-corrected chi connectivity index (χ2v) is 9.20. The van der Waals surface area contributed by atoms with Crippen LogP contribution in [0.5, 0.6) is 5.75 Å². The van der Waals surface area contributed by atoms with E-state index < -0.39 is 6.36 Å². The van der Waals surface area contributed by atoms with Gasteiger partial charge in [-0.3, -0.25) is 4.79 Å². The van der Waals surface area contributed by atoms with Crippen molar-refractivity contribution >= 4 is 6.29 Å². The van der Waals surface area contributed by atoms with E-state index in [0.717, 1.165) is 35.8 Å². The summed E-state index contributed by atoms with van der Waals surface area (Å²) in [5.74, 6) is 1.38. The zero-order chi connectivity index (χ0) is 24.7. The van der Waals surface area contributed by atoms with Crippen LogP contribution in [0, 0.1) is 0 Å². The minimum Gasteiger partial charge on any atom is -0.406 e. The van der Waals surface area contributed by atoms with E-state index in [4.69, 9.17) is 0 Å². The van der Waals surface area contributed by atoms with E-state index in [-0.39, 0.29) is 5.75 Å². The molecule has 6 heteroatoms. The summed E-state index contributed by atoms with van der Waals surface area (Å²) in [6.45, 7) is 1.45. The standard InChI is InChI=1S/C19H20F3NO.C10H10O/c20-19(21,22)24-18-3-1-2-14(12-18)10-11-23-13-15-4-6-16(7-5-15)17-8-9-17;11-7-8-1-3-9(4-2-8)10-5-6-10/h1-7,12,17,23H,8-11,13H2;1-4,7,10H,5-6H2. The number of carbonyl (C=O) groups excluding carboxylic acids is 1. The first-order valence-corrected chi connectivity index (χ1v) is 12.1. The molecular weight excluding hydrogens is 451 g/mol. The largest absolute Gasteiger partial charge is 0.573 e. The maximum atomic E-state index is 12.2. The van der Waals surface area contributed by atoms with Crippen LogP contribution in [0.25, 0.3) is 0 Å². The monoisotopic (exact) mass is 481 g/mol. The van der Waals surface area contributed by atoms with Crippen LogP contribution < -0.4 is 10.1 Å². The van der Waals surface area contributed by atoms with E-state index in [1.165, 1.54) is 54.5 Å². The molecule has 0 aliphatic heterocycles. The van der Waals surface area contributed by atoms with Crippen LogP contribution in [0.4, 0.5) is 13.2 Å². The molecule has 0 heterocycles. The van der Waals surface area contributed by atoms with Gasteiger partial charge in [-0.05, 0) is 84.9 Å². The fourth-order valence-corrected chi connectivity index (χ4v) is 3.95. The van der Waals surface area contributed by atoms with Gasteiger partial charge in [-0.15, -0.1) is 13.2 Å². The predicted octanol–water partition coefficient (Wildman–Crippen LogP) is 7.17. The second kappa shape index (κ2) is 11.5. The first kappa shape index (κ1) is 25.0. The third-order valence-corrected chi connectivity index (χ3v) is 6.20. The Morgan fingerprint density at radius 1 is 0.829 bits per heavy atom. The lowest BCUT2D eigenvalue weighted by molar-refractivity contribution is -0.274. The van der Waals surface area contributed by atoms with Crippen molar-refractivity contribution in [3.8, 4) is 5.75 Å². The summed E-state index contributed by atoms with van der Waals surface area (Å²) in [4.78, 5) is 10.3. The van der Waals surface area contributed by atoms with Crippen molar-refractivity contribution in [2.45, 2.75) is 56.8 Å². The van der Waals surface area contributed by atoms with E-state index >= 15 is 0 Å². The molecule has 184 valence electrons. The molecule has 0 bridgehead atoms. The first-order valence-electron chi connectivity index (χ1n) is 12.1. The molecule has 3 aromatic rings. The molecule has 0 saturated heterocycles. The van der Waals surface area contributed by atoms with E-state index in [9.17, 15) is 18.0 Å². The molecule has 3 nitrogen and oxygen atoms in total. The van der Waals surface area contributed by atoms with Crippen molar-refractivity contribution in [2.75, 3.05) is 6.54 Å². The molecule has 2 fully saturated rings. The Morgan fingerprint density at radius 3 is 1.97 bits per heavy atom. The Labute approximate surface area is 204 Å². The van der Waals surface area contributed by atoms with Crippen molar-refractivity contribution in [3.63, 3.8) is 0 Å². The topological polar surface area (TPSA) is 38.3 Å². The van der Waals surface area contributed by atoms with Gasteiger partial charge < -0.3 is 10.1 Å². The summed E-state index contributed by atoms with van der Waals surface area (Å²) < 4.78 is 40.6. The van der Waals surface area contributed by atoms with Crippen LogP contribution >= 0.6 is 0 Å². The lowest BCUT2D eigenvalue weighted by atomic mass is 10.1. The highest BCUT2D eigenvalue weighted by Crippen LogP contribution is 2.40. The van der Waals surface area contributed by atoms with Crippen LogP contribution in [0.1, 0.15) is 70.1 Å². The van der Waals surface area contributed by atoms with Gasteiger partial charge in [0, 0.05) is 12.1 Å². The number of hydrogen-bond acceptors (Lipinski definition) is 3. The number of benzene rings is 3. The number of ether oxygens (including phenoxy) is 1. The van der Waals surface area contributed by atoms with Crippen LogP contribution in [-0.2, 0) is 13.0 Å². The number of alkyl halides is 3.